The quantitative estimate of drug-likeness (QED) is 0.759. The van der Waals surface area contributed by atoms with Gasteiger partial charge in [0.25, 0.3) is 0 Å². The fraction of sp³-hybridized carbons (Fsp3) is 0.923. The van der Waals surface area contributed by atoms with Gasteiger partial charge in [-0.05, 0) is 12.8 Å². The molecule has 1 heterocycles. The summed E-state index contributed by atoms with van der Waals surface area (Å²) in [4.78, 5) is 14.5. The van der Waals surface area contributed by atoms with Crippen molar-refractivity contribution in [3.05, 3.63) is 0 Å². The van der Waals surface area contributed by atoms with E-state index >= 15 is 0 Å². The van der Waals surface area contributed by atoms with Crippen molar-refractivity contribution in [3.63, 3.8) is 0 Å². The maximum absolute atomic E-state index is 12.6. The highest BCUT2D eigenvalue weighted by molar-refractivity contribution is 5.83. The maximum atomic E-state index is 12.6. The number of nitrogens with two attached hydrogens (primary N) is 1. The summed E-state index contributed by atoms with van der Waals surface area (Å²) < 4.78 is 10.6. The molecule has 5 nitrogen and oxygen atoms in total. The van der Waals surface area contributed by atoms with Gasteiger partial charge in [0.05, 0.1) is 24.7 Å². The summed E-state index contributed by atoms with van der Waals surface area (Å²) in [6.45, 7) is 6.83. The highest BCUT2D eigenvalue weighted by Gasteiger charge is 2.38. The summed E-state index contributed by atoms with van der Waals surface area (Å²) in [5.41, 5.74) is 5.42. The number of morpholine rings is 1. The number of rotatable bonds is 6. The lowest BCUT2D eigenvalue weighted by Gasteiger charge is -2.39. The molecule has 1 rings (SSSR count). The Kier molecular flexibility index (Phi) is 6.05. The van der Waals surface area contributed by atoms with E-state index < -0.39 is 5.41 Å². The van der Waals surface area contributed by atoms with E-state index in [1.54, 1.807) is 7.11 Å². The van der Waals surface area contributed by atoms with Crippen molar-refractivity contribution in [2.45, 2.75) is 32.8 Å². The third kappa shape index (κ3) is 3.22. The van der Waals surface area contributed by atoms with Crippen LogP contribution in [0.5, 0.6) is 0 Å². The minimum atomic E-state index is -0.408. The Labute approximate surface area is 110 Å². The van der Waals surface area contributed by atoms with Gasteiger partial charge in [0.1, 0.15) is 0 Å². The van der Waals surface area contributed by atoms with Crippen LogP contribution in [0.4, 0.5) is 0 Å². The second kappa shape index (κ2) is 7.07. The van der Waals surface area contributed by atoms with Crippen molar-refractivity contribution in [1.82, 2.24) is 4.90 Å². The summed E-state index contributed by atoms with van der Waals surface area (Å²) in [6, 6.07) is 0. The predicted octanol–water partition coefficient (Wildman–Crippen LogP) is 0.625. The number of ether oxygens (including phenoxy) is 2. The maximum Gasteiger partial charge on any atom is 0.230 e. The molecule has 0 saturated carbocycles. The Morgan fingerprint density at radius 2 is 2.17 bits per heavy atom. The molecule has 18 heavy (non-hydrogen) atoms. The molecule has 5 heteroatoms. The van der Waals surface area contributed by atoms with Gasteiger partial charge in [-0.1, -0.05) is 13.8 Å². The Balaban J connectivity index is 2.70. The number of carbonyl (C=O) groups is 1. The van der Waals surface area contributed by atoms with Crippen molar-refractivity contribution in [2.75, 3.05) is 40.0 Å². The lowest BCUT2D eigenvalue weighted by molar-refractivity contribution is -0.151. The molecule has 106 valence electrons. The summed E-state index contributed by atoms with van der Waals surface area (Å²) in [6.07, 6.45) is 1.55. The van der Waals surface area contributed by atoms with Gasteiger partial charge in [-0.25, -0.2) is 0 Å². The van der Waals surface area contributed by atoms with E-state index in [1.165, 1.54) is 0 Å². The molecule has 1 unspecified atom stereocenters. The average molecular weight is 258 g/mol. The van der Waals surface area contributed by atoms with E-state index in [0.29, 0.717) is 32.8 Å². The molecule has 0 radical (unpaired) electrons. The standard InChI is InChI=1S/C13H26N2O3/c1-4-13(5-2,10-14)12(16)15-6-7-18-11(8-15)9-17-3/h11H,4-10,14H2,1-3H3. The Hall–Kier alpha value is -0.650. The fourth-order valence-electron chi connectivity index (χ4n) is 2.45. The summed E-state index contributed by atoms with van der Waals surface area (Å²) >= 11 is 0. The van der Waals surface area contributed by atoms with Crippen molar-refractivity contribution in [2.24, 2.45) is 11.1 Å². The molecule has 2 N–H and O–H groups in total. The zero-order valence-electron chi connectivity index (χ0n) is 11.8. The molecule has 0 aliphatic carbocycles. The highest BCUT2D eigenvalue weighted by Crippen LogP contribution is 2.28. The predicted molar refractivity (Wildman–Crippen MR) is 70.3 cm³/mol. The number of nitrogens with zero attached hydrogens (tertiary/aromatic N) is 1. The van der Waals surface area contributed by atoms with E-state index in [0.717, 1.165) is 12.8 Å². The van der Waals surface area contributed by atoms with E-state index in [2.05, 4.69) is 0 Å². The van der Waals surface area contributed by atoms with Crippen LogP contribution in [-0.2, 0) is 14.3 Å². The molecule has 0 spiro atoms. The summed E-state index contributed by atoms with van der Waals surface area (Å²) in [7, 11) is 1.65. The Morgan fingerprint density at radius 3 is 2.67 bits per heavy atom. The lowest BCUT2D eigenvalue weighted by atomic mass is 9.80. The molecular weight excluding hydrogens is 232 g/mol. The van der Waals surface area contributed by atoms with Crippen LogP contribution in [0.15, 0.2) is 0 Å². The molecule has 0 bridgehead atoms. The molecule has 1 aliphatic heterocycles. The molecule has 1 aliphatic rings. The fourth-order valence-corrected chi connectivity index (χ4v) is 2.45. The van der Waals surface area contributed by atoms with E-state index in [1.807, 2.05) is 18.7 Å². The van der Waals surface area contributed by atoms with Gasteiger partial charge in [0, 0.05) is 26.7 Å². The van der Waals surface area contributed by atoms with Gasteiger partial charge in [-0.2, -0.15) is 0 Å². The zero-order valence-corrected chi connectivity index (χ0v) is 11.8. The molecule has 0 aromatic rings. The lowest BCUT2D eigenvalue weighted by Crippen LogP contribution is -2.54. The summed E-state index contributed by atoms with van der Waals surface area (Å²) in [5.74, 6) is 0.166. The molecule has 0 aromatic carbocycles. The van der Waals surface area contributed by atoms with Crippen LogP contribution < -0.4 is 5.73 Å². The Morgan fingerprint density at radius 1 is 1.50 bits per heavy atom. The van der Waals surface area contributed by atoms with Crippen LogP contribution in [0, 0.1) is 5.41 Å². The molecule has 1 fully saturated rings. The van der Waals surface area contributed by atoms with Gasteiger partial charge in [-0.3, -0.25) is 4.79 Å². The van der Waals surface area contributed by atoms with Crippen molar-refractivity contribution in [1.29, 1.82) is 0 Å². The second-order valence-corrected chi connectivity index (χ2v) is 4.89. The third-order valence-electron chi connectivity index (χ3n) is 3.98. The van der Waals surface area contributed by atoms with Crippen LogP contribution in [0.25, 0.3) is 0 Å². The first kappa shape index (κ1) is 15.4. The monoisotopic (exact) mass is 258 g/mol. The van der Waals surface area contributed by atoms with Crippen molar-refractivity contribution in [3.8, 4) is 0 Å². The zero-order chi connectivity index (χ0) is 13.6. The number of carbonyl (C=O) groups excluding carboxylic acids is 1. The molecular formula is C13H26N2O3. The van der Waals surface area contributed by atoms with Crippen molar-refractivity contribution < 1.29 is 14.3 Å². The van der Waals surface area contributed by atoms with Crippen LogP contribution in [0.1, 0.15) is 26.7 Å². The van der Waals surface area contributed by atoms with Crippen LogP contribution >= 0.6 is 0 Å². The highest BCUT2D eigenvalue weighted by atomic mass is 16.5. The molecule has 0 aromatic heterocycles. The number of hydrogen-bond acceptors (Lipinski definition) is 4. The smallest absolute Gasteiger partial charge is 0.230 e. The largest absolute Gasteiger partial charge is 0.382 e. The van der Waals surface area contributed by atoms with Crippen molar-refractivity contribution >= 4 is 5.91 Å². The Bertz CT molecular complexity index is 257. The molecule has 1 saturated heterocycles. The number of amides is 1. The van der Waals surface area contributed by atoms with Gasteiger partial charge in [0.15, 0.2) is 0 Å². The summed E-state index contributed by atoms with van der Waals surface area (Å²) in [5, 5.41) is 0. The molecule has 1 atom stereocenters. The van der Waals surface area contributed by atoms with E-state index in [9.17, 15) is 4.79 Å². The SMILES string of the molecule is CCC(CC)(CN)C(=O)N1CCOC(COC)C1. The van der Waals surface area contributed by atoms with Gasteiger partial charge in [-0.15, -0.1) is 0 Å². The first-order valence-corrected chi connectivity index (χ1v) is 6.73. The topological polar surface area (TPSA) is 64.8 Å². The molecule has 1 amide bonds. The second-order valence-electron chi connectivity index (χ2n) is 4.89. The van der Waals surface area contributed by atoms with Crippen LogP contribution in [-0.4, -0.2) is 56.9 Å². The number of methoxy groups -OCH3 is 1. The minimum absolute atomic E-state index is 0.0168. The average Bonchev–Trinajstić information content (AvgIpc) is 2.42. The normalized spacial score (nSPS) is 21.1. The minimum Gasteiger partial charge on any atom is -0.382 e. The van der Waals surface area contributed by atoms with E-state index in [4.69, 9.17) is 15.2 Å². The van der Waals surface area contributed by atoms with Gasteiger partial charge >= 0.3 is 0 Å². The van der Waals surface area contributed by atoms with Crippen LogP contribution in [0.3, 0.4) is 0 Å². The first-order valence-electron chi connectivity index (χ1n) is 6.73. The van der Waals surface area contributed by atoms with E-state index in [-0.39, 0.29) is 12.0 Å². The third-order valence-corrected chi connectivity index (χ3v) is 3.98. The van der Waals surface area contributed by atoms with Gasteiger partial charge < -0.3 is 20.1 Å². The number of hydrogen-bond donors (Lipinski definition) is 1. The first-order chi connectivity index (χ1) is 8.63. The van der Waals surface area contributed by atoms with Crippen LogP contribution in [0.2, 0.25) is 0 Å². The van der Waals surface area contributed by atoms with Gasteiger partial charge in [0.2, 0.25) is 5.91 Å².